The van der Waals surface area contributed by atoms with Crippen LogP contribution >= 0.6 is 0 Å². The second-order valence-electron chi connectivity index (χ2n) is 17.6. The highest BCUT2D eigenvalue weighted by Crippen LogP contribution is 2.62. The summed E-state index contributed by atoms with van der Waals surface area (Å²) in [5, 5.41) is 15.5. The van der Waals surface area contributed by atoms with Crippen molar-refractivity contribution in [1.29, 1.82) is 0 Å². The summed E-state index contributed by atoms with van der Waals surface area (Å²) in [6.45, 7) is 6.28. The third kappa shape index (κ3) is 6.39. The smallest absolute Gasteiger partial charge is 0.350 e. The molecule has 0 aromatic carbocycles. The zero-order chi connectivity index (χ0) is 35.1. The van der Waals surface area contributed by atoms with Crippen molar-refractivity contribution in [2.75, 3.05) is 26.3 Å². The quantitative estimate of drug-likeness (QED) is 0.112. The number of piperidine rings is 1. The van der Waals surface area contributed by atoms with E-state index in [1.807, 2.05) is 0 Å². The van der Waals surface area contributed by atoms with Gasteiger partial charge in [0.2, 0.25) is 0 Å². The van der Waals surface area contributed by atoms with E-state index in [0.717, 1.165) is 88.4 Å². The lowest BCUT2D eigenvalue weighted by molar-refractivity contribution is -0.700. The van der Waals surface area contributed by atoms with Crippen molar-refractivity contribution in [3.8, 4) is 0 Å². The molecule has 7 N–H and O–H groups in total. The predicted molar refractivity (Wildman–Crippen MR) is 189 cm³/mol. The number of aliphatic hydroxyl groups excluding tert-OH is 1. The van der Waals surface area contributed by atoms with Gasteiger partial charge in [0, 0.05) is 43.4 Å². The molecule has 9 nitrogen and oxygen atoms in total. The molecule has 0 radical (unpaired) electrons. The van der Waals surface area contributed by atoms with E-state index in [2.05, 4.69) is 36.6 Å². The van der Waals surface area contributed by atoms with Crippen molar-refractivity contribution < 1.29 is 39.6 Å². The summed E-state index contributed by atoms with van der Waals surface area (Å²) in [6.07, 6.45) is 21.2. The number of nitrogens with two attached hydrogens (primary N) is 3. The van der Waals surface area contributed by atoms with Crippen LogP contribution in [-0.4, -0.2) is 72.4 Å². The molecule has 0 spiro atoms. The highest BCUT2D eigenvalue weighted by Gasteiger charge is 2.87. The second-order valence-corrected chi connectivity index (χ2v) is 17.6. The monoisotopic (exact) mass is 695 g/mol. The lowest BCUT2D eigenvalue weighted by Crippen LogP contribution is -2.95. The Morgan fingerprint density at radius 3 is 2.50 bits per heavy atom. The van der Waals surface area contributed by atoms with E-state index < -0.39 is 29.0 Å². The minimum atomic E-state index is -1.90. The van der Waals surface area contributed by atoms with E-state index >= 15 is 0 Å². The van der Waals surface area contributed by atoms with E-state index in [1.165, 1.54) is 25.7 Å². The predicted octanol–water partition coefficient (Wildman–Crippen LogP) is 3.24. The third-order valence-corrected chi connectivity index (χ3v) is 14.9. The maximum absolute atomic E-state index is 14.6. The molecule has 0 aromatic heterocycles. The van der Waals surface area contributed by atoms with Gasteiger partial charge in [-0.2, -0.15) is 0 Å². The number of Topliss-reactive ketones (excluding diaryl/α,β-unsaturated/α-hetero) is 2. The number of carbonyl (C=O) groups excluding carboxylic acids is 3. The van der Waals surface area contributed by atoms with E-state index in [0.29, 0.717) is 36.6 Å². The average Bonchev–Trinajstić information content (AvgIpc) is 3.84. The van der Waals surface area contributed by atoms with Crippen molar-refractivity contribution in [3.05, 3.63) is 23.3 Å². The Morgan fingerprint density at radius 2 is 1.78 bits per heavy atom. The van der Waals surface area contributed by atoms with Crippen LogP contribution in [0.15, 0.2) is 23.3 Å². The molecule has 10 unspecified atom stereocenters. The summed E-state index contributed by atoms with van der Waals surface area (Å²) in [5.74, 6) is -0.0797. The standard InChI is InChI=1S/C41H63N3O6/c1-3-43-34-20-28-12-6-5-11-27(28)19-29(34)25-49-38(48)41-37(47)33-14-8-7-13-32(33)36(46)40(41,50-41)23-30(24-45)26(2)22-39(16-9-4-10-17-39)31-15-18-44-35(42)21-31/h6,12,27-29,31-35,43-45H,3-5,7-11,13-25,42H2,1-2H3/p+2. The normalized spacial score (nSPS) is 41.4. The molecule has 5 aliphatic carbocycles. The number of quaternary nitrogens is 2. The van der Waals surface area contributed by atoms with Crippen LogP contribution in [0, 0.1) is 40.9 Å². The maximum atomic E-state index is 14.6. The summed E-state index contributed by atoms with van der Waals surface area (Å²) in [7, 11) is 0. The van der Waals surface area contributed by atoms with E-state index in [-0.39, 0.29) is 48.7 Å². The van der Waals surface area contributed by atoms with Gasteiger partial charge >= 0.3 is 5.97 Å². The number of hydrogen-bond donors (Lipinski definition) is 4. The fourth-order valence-corrected chi connectivity index (χ4v) is 12.1. The van der Waals surface area contributed by atoms with Crippen LogP contribution in [0.1, 0.15) is 123 Å². The third-order valence-electron chi connectivity index (χ3n) is 14.9. The van der Waals surface area contributed by atoms with Crippen LogP contribution in [0.5, 0.6) is 0 Å². The van der Waals surface area contributed by atoms with Gasteiger partial charge in [-0.05, 0) is 94.0 Å². The molecule has 0 bridgehead atoms. The fourth-order valence-electron chi connectivity index (χ4n) is 12.1. The number of aliphatic hydroxyl groups is 1. The SMILES string of the molecule is CC[NH2+]C1CC2C=CCCC2CC1COC(=O)C12OC1(CC(CO)=C(C)CC1(C3CC[NH2+]C(N)C3)CCCCC1)C(=O)C1CCCCC1C2=O. The van der Waals surface area contributed by atoms with E-state index in [1.54, 1.807) is 0 Å². The van der Waals surface area contributed by atoms with Crippen LogP contribution in [0.3, 0.4) is 0 Å². The number of hydrogen-bond acceptors (Lipinski definition) is 7. The van der Waals surface area contributed by atoms with E-state index in [4.69, 9.17) is 15.2 Å². The Bertz CT molecular complexity index is 1360. The van der Waals surface area contributed by atoms with Gasteiger partial charge in [0.05, 0.1) is 32.3 Å². The minimum Gasteiger partial charge on any atom is -0.463 e. The lowest BCUT2D eigenvalue weighted by atomic mass is 9.59. The van der Waals surface area contributed by atoms with Gasteiger partial charge in [-0.1, -0.05) is 49.8 Å². The van der Waals surface area contributed by atoms with Gasteiger partial charge in [-0.3, -0.25) is 15.3 Å². The van der Waals surface area contributed by atoms with Crippen molar-refractivity contribution in [3.63, 3.8) is 0 Å². The number of epoxide rings is 1. The summed E-state index contributed by atoms with van der Waals surface area (Å²) in [6, 6.07) is 0.348. The number of ketones is 2. The molecule has 0 aromatic rings. The lowest BCUT2D eigenvalue weighted by Gasteiger charge is -2.46. The first-order valence-corrected chi connectivity index (χ1v) is 20.5. The highest BCUT2D eigenvalue weighted by molar-refractivity contribution is 6.23. The molecule has 50 heavy (non-hydrogen) atoms. The molecule has 2 saturated heterocycles. The first-order valence-electron chi connectivity index (χ1n) is 20.5. The number of fused-ring (bicyclic) bond motifs is 3. The van der Waals surface area contributed by atoms with Gasteiger partial charge in [0.15, 0.2) is 17.2 Å². The number of esters is 1. The molecule has 278 valence electrons. The number of rotatable bonds is 11. The van der Waals surface area contributed by atoms with Crippen LogP contribution < -0.4 is 16.4 Å². The summed E-state index contributed by atoms with van der Waals surface area (Å²) >= 11 is 0. The molecular formula is C41H65N3O6+2. The molecular weight excluding hydrogens is 630 g/mol. The molecule has 9 heteroatoms. The summed E-state index contributed by atoms with van der Waals surface area (Å²) in [4.78, 5) is 43.4. The van der Waals surface area contributed by atoms with Gasteiger partial charge in [0.25, 0.3) is 5.60 Å². The Kier molecular flexibility index (Phi) is 10.8. The molecule has 2 heterocycles. The van der Waals surface area contributed by atoms with Crippen LogP contribution in [0.2, 0.25) is 0 Å². The van der Waals surface area contributed by atoms with Gasteiger partial charge in [-0.25, -0.2) is 4.79 Å². The van der Waals surface area contributed by atoms with Crippen molar-refractivity contribution in [2.24, 2.45) is 46.7 Å². The topological polar surface area (TPSA) is 152 Å². The zero-order valence-electron chi connectivity index (χ0n) is 30.8. The van der Waals surface area contributed by atoms with Crippen molar-refractivity contribution >= 4 is 17.5 Å². The maximum Gasteiger partial charge on any atom is 0.350 e. The number of ether oxygens (including phenoxy) is 2. The minimum absolute atomic E-state index is 0.0814. The van der Waals surface area contributed by atoms with Crippen LogP contribution in [-0.2, 0) is 23.9 Å². The molecule has 7 rings (SSSR count). The molecule has 0 amide bonds. The van der Waals surface area contributed by atoms with Crippen molar-refractivity contribution in [1.82, 2.24) is 0 Å². The Hall–Kier alpha value is -1.91. The van der Waals surface area contributed by atoms with Crippen molar-refractivity contribution in [2.45, 2.75) is 146 Å². The number of carbonyl (C=O) groups is 3. The summed E-state index contributed by atoms with van der Waals surface area (Å²) < 4.78 is 12.6. The van der Waals surface area contributed by atoms with E-state index in [9.17, 15) is 19.5 Å². The fraction of sp³-hybridized carbons (Fsp3) is 0.829. The first kappa shape index (κ1) is 36.4. The average molecular weight is 696 g/mol. The van der Waals surface area contributed by atoms with Gasteiger partial charge in [-0.15, -0.1) is 0 Å². The second kappa shape index (κ2) is 14.8. The molecule has 7 aliphatic rings. The molecule has 10 atom stereocenters. The Morgan fingerprint density at radius 1 is 1.02 bits per heavy atom. The van der Waals surface area contributed by atoms with Crippen LogP contribution in [0.4, 0.5) is 0 Å². The number of allylic oxidation sites excluding steroid dienone is 3. The van der Waals surface area contributed by atoms with Crippen LogP contribution in [0.25, 0.3) is 0 Å². The Balaban J connectivity index is 1.15. The highest BCUT2D eigenvalue weighted by atomic mass is 16.7. The van der Waals surface area contributed by atoms with Gasteiger partial charge < -0.3 is 25.2 Å². The molecule has 2 aliphatic heterocycles. The summed E-state index contributed by atoms with van der Waals surface area (Å²) in [5.41, 5.74) is 4.92. The largest absolute Gasteiger partial charge is 0.463 e. The van der Waals surface area contributed by atoms with Gasteiger partial charge in [0.1, 0.15) is 6.17 Å². The molecule has 6 fully saturated rings. The first-order chi connectivity index (χ1) is 24.2. The zero-order valence-corrected chi connectivity index (χ0v) is 30.8. The molecule has 4 saturated carbocycles. The Labute approximate surface area is 299 Å².